The molecule has 7 aromatic rings. The van der Waals surface area contributed by atoms with Crippen LogP contribution >= 0.6 is 11.3 Å². The van der Waals surface area contributed by atoms with Crippen LogP contribution in [0.4, 0.5) is 0 Å². The average Bonchev–Trinajstić information content (AvgIpc) is 3.58. The van der Waals surface area contributed by atoms with E-state index in [9.17, 15) is 10.5 Å². The lowest BCUT2D eigenvalue weighted by atomic mass is 9.97. The highest BCUT2D eigenvalue weighted by Crippen LogP contribution is 2.37. The van der Waals surface area contributed by atoms with Crippen molar-refractivity contribution >= 4 is 43.5 Å². The molecule has 5 heteroatoms. The van der Waals surface area contributed by atoms with Crippen LogP contribution in [0.5, 0.6) is 0 Å². The van der Waals surface area contributed by atoms with Crippen LogP contribution in [0.2, 0.25) is 0 Å². The van der Waals surface area contributed by atoms with Crippen molar-refractivity contribution in [3.8, 4) is 45.0 Å². The molecule has 38 heavy (non-hydrogen) atoms. The highest BCUT2D eigenvalue weighted by Gasteiger charge is 2.13. The zero-order valence-electron chi connectivity index (χ0n) is 20.0. The second-order valence-corrected chi connectivity index (χ2v) is 10.1. The summed E-state index contributed by atoms with van der Waals surface area (Å²) in [6.07, 6.45) is 0. The number of thiazole rings is 1. The van der Waals surface area contributed by atoms with E-state index < -0.39 is 0 Å². The van der Waals surface area contributed by atoms with E-state index in [1.807, 2.05) is 42.5 Å². The summed E-state index contributed by atoms with van der Waals surface area (Å²) in [6, 6.07) is 38.5. The number of furan rings is 1. The Morgan fingerprint density at radius 1 is 0.632 bits per heavy atom. The fraction of sp³-hybridized carbons (Fsp3) is 0. The van der Waals surface area contributed by atoms with E-state index in [1.165, 1.54) is 11.3 Å². The fourth-order valence-corrected chi connectivity index (χ4v) is 5.91. The van der Waals surface area contributed by atoms with E-state index in [0.717, 1.165) is 65.0 Å². The lowest BCUT2D eigenvalue weighted by molar-refractivity contribution is 0.670. The number of nitrogens with zero attached hydrogens (tertiary/aromatic N) is 3. The van der Waals surface area contributed by atoms with Gasteiger partial charge in [-0.2, -0.15) is 10.5 Å². The predicted octanol–water partition coefficient (Wildman–Crippen LogP) is 8.94. The van der Waals surface area contributed by atoms with E-state index in [-0.39, 0.29) is 0 Å². The summed E-state index contributed by atoms with van der Waals surface area (Å²) in [6.45, 7) is 0. The van der Waals surface area contributed by atoms with Gasteiger partial charge in [-0.15, -0.1) is 11.3 Å². The highest BCUT2D eigenvalue weighted by atomic mass is 32.1. The zero-order valence-corrected chi connectivity index (χ0v) is 20.8. The van der Waals surface area contributed by atoms with Gasteiger partial charge >= 0.3 is 0 Å². The number of hydrogen-bond acceptors (Lipinski definition) is 5. The Morgan fingerprint density at radius 3 is 2.24 bits per heavy atom. The van der Waals surface area contributed by atoms with Crippen molar-refractivity contribution in [2.45, 2.75) is 0 Å². The molecule has 0 aliphatic carbocycles. The van der Waals surface area contributed by atoms with Gasteiger partial charge < -0.3 is 4.42 Å². The SMILES string of the molecule is N#Cc1cc(-c2ccc(-c3cccc4c3oc3ccccc34)cc2)cc(-c2nc3ccc(C#N)cc3s2)c1. The Kier molecular flexibility index (Phi) is 5.04. The van der Waals surface area contributed by atoms with Crippen LogP contribution in [0.3, 0.4) is 0 Å². The summed E-state index contributed by atoms with van der Waals surface area (Å²) in [7, 11) is 0. The molecule has 0 saturated carbocycles. The van der Waals surface area contributed by atoms with E-state index in [4.69, 9.17) is 9.40 Å². The molecule has 0 bridgehead atoms. The van der Waals surface area contributed by atoms with Crippen molar-refractivity contribution in [2.75, 3.05) is 0 Å². The maximum Gasteiger partial charge on any atom is 0.143 e. The summed E-state index contributed by atoms with van der Waals surface area (Å²) < 4.78 is 7.18. The van der Waals surface area contributed by atoms with Crippen molar-refractivity contribution in [2.24, 2.45) is 0 Å². The van der Waals surface area contributed by atoms with Gasteiger partial charge in [0.1, 0.15) is 16.2 Å². The van der Waals surface area contributed by atoms with Crippen molar-refractivity contribution < 1.29 is 4.42 Å². The minimum absolute atomic E-state index is 0.575. The van der Waals surface area contributed by atoms with E-state index in [2.05, 4.69) is 66.7 Å². The third-order valence-electron chi connectivity index (χ3n) is 6.76. The van der Waals surface area contributed by atoms with Crippen LogP contribution in [0.25, 0.3) is 65.0 Å². The lowest BCUT2D eigenvalue weighted by Crippen LogP contribution is -1.86. The standard InChI is InChI=1S/C33H17N3OS/c34-18-20-8-13-29-31(16-20)38-33(36-29)25-15-21(19-35)14-24(17-25)22-9-11-23(12-10-22)26-5-3-6-28-27-4-1-2-7-30(27)37-32(26)28/h1-17H. The topological polar surface area (TPSA) is 73.6 Å². The van der Waals surface area contributed by atoms with Crippen LogP contribution in [-0.4, -0.2) is 4.98 Å². The van der Waals surface area contributed by atoms with Crippen molar-refractivity contribution in [1.82, 2.24) is 4.98 Å². The molecule has 2 aromatic heterocycles. The molecule has 0 aliphatic rings. The Hall–Kier alpha value is -5.23. The molecule has 2 heterocycles. The summed E-state index contributed by atoms with van der Waals surface area (Å²) in [5, 5.41) is 22.0. The van der Waals surface area contributed by atoms with Crippen LogP contribution in [-0.2, 0) is 0 Å². The first-order valence-corrected chi connectivity index (χ1v) is 12.9. The van der Waals surface area contributed by atoms with Gasteiger partial charge in [0, 0.05) is 21.9 Å². The van der Waals surface area contributed by atoms with Gasteiger partial charge in [-0.1, -0.05) is 60.7 Å². The maximum absolute atomic E-state index is 9.73. The Labute approximate surface area is 222 Å². The Balaban J connectivity index is 1.29. The van der Waals surface area contributed by atoms with Gasteiger partial charge in [0.05, 0.1) is 33.5 Å². The largest absolute Gasteiger partial charge is 0.455 e. The number of rotatable bonds is 3. The molecule has 5 aromatic carbocycles. The Morgan fingerprint density at radius 2 is 1.39 bits per heavy atom. The molecule has 0 aliphatic heterocycles. The van der Waals surface area contributed by atoms with Gasteiger partial charge in [0.25, 0.3) is 0 Å². The smallest absolute Gasteiger partial charge is 0.143 e. The van der Waals surface area contributed by atoms with Gasteiger partial charge in [-0.3, -0.25) is 0 Å². The van der Waals surface area contributed by atoms with Gasteiger partial charge in [0.2, 0.25) is 0 Å². The quantitative estimate of drug-likeness (QED) is 0.241. The van der Waals surface area contributed by atoms with Crippen molar-refractivity contribution in [1.29, 1.82) is 10.5 Å². The van der Waals surface area contributed by atoms with Crippen LogP contribution < -0.4 is 0 Å². The predicted molar refractivity (Wildman–Crippen MR) is 153 cm³/mol. The number of hydrogen-bond donors (Lipinski definition) is 0. The van der Waals surface area contributed by atoms with Crippen LogP contribution in [0, 0.1) is 22.7 Å². The first kappa shape index (κ1) is 22.0. The first-order valence-electron chi connectivity index (χ1n) is 12.1. The zero-order chi connectivity index (χ0) is 25.6. The monoisotopic (exact) mass is 503 g/mol. The number of fused-ring (bicyclic) bond motifs is 4. The summed E-state index contributed by atoms with van der Waals surface area (Å²) in [5.74, 6) is 0. The minimum Gasteiger partial charge on any atom is -0.455 e. The van der Waals surface area contributed by atoms with Crippen LogP contribution in [0.1, 0.15) is 11.1 Å². The molecule has 7 rings (SSSR count). The second kappa shape index (κ2) is 8.71. The number of aromatic nitrogens is 1. The maximum atomic E-state index is 9.73. The molecule has 0 saturated heterocycles. The molecule has 0 unspecified atom stereocenters. The van der Waals surface area contributed by atoms with Crippen molar-refractivity contribution in [3.05, 3.63) is 114 Å². The lowest BCUT2D eigenvalue weighted by Gasteiger charge is -2.08. The number of para-hydroxylation sites is 2. The molecule has 176 valence electrons. The molecule has 0 N–H and O–H groups in total. The van der Waals surface area contributed by atoms with E-state index in [1.54, 1.807) is 6.07 Å². The van der Waals surface area contributed by atoms with Crippen molar-refractivity contribution in [3.63, 3.8) is 0 Å². The average molecular weight is 504 g/mol. The third kappa shape index (κ3) is 3.62. The van der Waals surface area contributed by atoms with Crippen LogP contribution in [0.15, 0.2) is 108 Å². The van der Waals surface area contributed by atoms with E-state index in [0.29, 0.717) is 11.1 Å². The normalized spacial score (nSPS) is 11.1. The third-order valence-corrected chi connectivity index (χ3v) is 7.83. The molecule has 0 spiro atoms. The molecule has 0 amide bonds. The fourth-order valence-electron chi connectivity index (χ4n) is 4.92. The molecular weight excluding hydrogens is 486 g/mol. The first-order chi connectivity index (χ1) is 18.7. The Bertz CT molecular complexity index is 2100. The minimum atomic E-state index is 0.575. The summed E-state index contributed by atoms with van der Waals surface area (Å²) >= 11 is 1.52. The summed E-state index contributed by atoms with van der Waals surface area (Å²) in [4.78, 5) is 4.76. The van der Waals surface area contributed by atoms with Gasteiger partial charge in [-0.25, -0.2) is 4.98 Å². The molecule has 0 atom stereocenters. The molecule has 0 fully saturated rings. The highest BCUT2D eigenvalue weighted by molar-refractivity contribution is 7.21. The van der Waals surface area contributed by atoms with Gasteiger partial charge in [-0.05, 0) is 59.2 Å². The summed E-state index contributed by atoms with van der Waals surface area (Å²) in [5.41, 5.74) is 8.74. The van der Waals surface area contributed by atoms with Gasteiger partial charge in [0.15, 0.2) is 0 Å². The molecular formula is C33H17N3OS. The molecule has 4 nitrogen and oxygen atoms in total. The molecule has 0 radical (unpaired) electrons. The number of nitriles is 2. The number of benzene rings is 5. The van der Waals surface area contributed by atoms with E-state index >= 15 is 0 Å². The second-order valence-electron chi connectivity index (χ2n) is 9.08.